The van der Waals surface area contributed by atoms with Crippen LogP contribution in [0.3, 0.4) is 0 Å². The van der Waals surface area contributed by atoms with Crippen LogP contribution in [0.4, 0.5) is 4.39 Å². The molecule has 5 nitrogen and oxygen atoms in total. The number of halogens is 2. The molecule has 0 saturated carbocycles. The standard InChI is InChI=1S/C12H17ClFN3O2/c1-12(3-5-16(2)6-4-12)7-17-10(18)8(14)9(13)15-11(17)19/h3-7H2,1-2H3,(H,15,19). The number of hydrogen-bond acceptors (Lipinski definition) is 3. The molecule has 0 aromatic carbocycles. The Morgan fingerprint density at radius 2 is 1.95 bits per heavy atom. The minimum atomic E-state index is -1.10. The SMILES string of the molecule is CN1CCC(C)(Cn2c(=O)[nH]c(Cl)c(F)c2=O)CC1. The fourth-order valence-electron chi connectivity index (χ4n) is 2.36. The summed E-state index contributed by atoms with van der Waals surface area (Å²) in [5, 5.41) is -0.528. The van der Waals surface area contributed by atoms with Gasteiger partial charge < -0.3 is 4.90 Å². The Morgan fingerprint density at radius 1 is 1.37 bits per heavy atom. The zero-order valence-corrected chi connectivity index (χ0v) is 11.8. The third-order valence-electron chi connectivity index (χ3n) is 3.82. The van der Waals surface area contributed by atoms with Crippen LogP contribution >= 0.6 is 11.6 Å². The van der Waals surface area contributed by atoms with Gasteiger partial charge in [-0.1, -0.05) is 18.5 Å². The van der Waals surface area contributed by atoms with Gasteiger partial charge in [0.2, 0.25) is 5.82 Å². The van der Waals surface area contributed by atoms with Gasteiger partial charge in [0.25, 0.3) is 5.56 Å². The molecule has 19 heavy (non-hydrogen) atoms. The highest BCUT2D eigenvalue weighted by atomic mass is 35.5. The van der Waals surface area contributed by atoms with Crippen LogP contribution in [0.2, 0.25) is 5.15 Å². The molecule has 1 aliphatic heterocycles. The lowest BCUT2D eigenvalue weighted by Crippen LogP contribution is -2.45. The Hall–Kier alpha value is -1.14. The van der Waals surface area contributed by atoms with Gasteiger partial charge in [-0.3, -0.25) is 14.3 Å². The number of likely N-dealkylation sites (tertiary alicyclic amines) is 1. The van der Waals surface area contributed by atoms with Crippen LogP contribution in [-0.2, 0) is 6.54 Å². The summed E-state index contributed by atoms with van der Waals surface area (Å²) in [7, 11) is 2.03. The van der Waals surface area contributed by atoms with Gasteiger partial charge in [0.05, 0.1) is 0 Å². The zero-order valence-electron chi connectivity index (χ0n) is 11.0. The second kappa shape index (κ2) is 5.09. The highest BCUT2D eigenvalue weighted by Gasteiger charge is 2.30. The van der Waals surface area contributed by atoms with Crippen molar-refractivity contribution in [3.8, 4) is 0 Å². The van der Waals surface area contributed by atoms with Crippen molar-refractivity contribution in [2.45, 2.75) is 26.3 Å². The monoisotopic (exact) mass is 289 g/mol. The first-order valence-corrected chi connectivity index (χ1v) is 6.57. The summed E-state index contributed by atoms with van der Waals surface area (Å²) < 4.78 is 14.4. The van der Waals surface area contributed by atoms with E-state index in [4.69, 9.17) is 11.6 Å². The summed E-state index contributed by atoms with van der Waals surface area (Å²) in [6, 6.07) is 0. The summed E-state index contributed by atoms with van der Waals surface area (Å²) in [5.41, 5.74) is -1.78. The Kier molecular flexibility index (Phi) is 3.82. The van der Waals surface area contributed by atoms with Crippen molar-refractivity contribution >= 4 is 11.6 Å². The van der Waals surface area contributed by atoms with Gasteiger partial charge in [-0.15, -0.1) is 0 Å². The molecule has 0 atom stereocenters. The van der Waals surface area contributed by atoms with Crippen LogP contribution in [0.15, 0.2) is 9.59 Å². The Labute approximate surface area is 115 Å². The van der Waals surface area contributed by atoms with Crippen LogP contribution in [0.5, 0.6) is 0 Å². The van der Waals surface area contributed by atoms with Crippen LogP contribution < -0.4 is 11.2 Å². The largest absolute Gasteiger partial charge is 0.329 e. The molecule has 1 N–H and O–H groups in total. The molecule has 0 spiro atoms. The summed E-state index contributed by atoms with van der Waals surface area (Å²) in [6.45, 7) is 4.03. The number of aromatic amines is 1. The fraction of sp³-hybridized carbons (Fsp3) is 0.667. The Morgan fingerprint density at radius 3 is 2.53 bits per heavy atom. The topological polar surface area (TPSA) is 58.1 Å². The van der Waals surface area contributed by atoms with Crippen molar-refractivity contribution < 1.29 is 4.39 Å². The van der Waals surface area contributed by atoms with E-state index in [0.717, 1.165) is 30.5 Å². The molecule has 2 rings (SSSR count). The van der Waals surface area contributed by atoms with Crippen molar-refractivity contribution in [1.29, 1.82) is 0 Å². The summed E-state index contributed by atoms with van der Waals surface area (Å²) >= 11 is 5.44. The maximum absolute atomic E-state index is 13.5. The molecule has 1 aromatic rings. The molecule has 0 aliphatic carbocycles. The molecule has 1 aliphatic rings. The molecule has 7 heteroatoms. The number of piperidine rings is 1. The molecule has 0 unspecified atom stereocenters. The van der Waals surface area contributed by atoms with E-state index in [1.807, 2.05) is 14.0 Å². The summed E-state index contributed by atoms with van der Waals surface area (Å²) in [5.74, 6) is -1.10. The first-order chi connectivity index (χ1) is 8.82. The predicted octanol–water partition coefficient (Wildman–Crippen LogP) is 1.06. The Bertz CT molecular complexity index is 588. The van der Waals surface area contributed by atoms with E-state index in [9.17, 15) is 14.0 Å². The molecule has 0 bridgehead atoms. The van der Waals surface area contributed by atoms with Crippen LogP contribution in [0.25, 0.3) is 0 Å². The lowest BCUT2D eigenvalue weighted by Gasteiger charge is -2.37. The number of H-pyrrole nitrogens is 1. The maximum atomic E-state index is 13.5. The van der Waals surface area contributed by atoms with E-state index in [0.29, 0.717) is 0 Å². The molecule has 106 valence electrons. The lowest BCUT2D eigenvalue weighted by atomic mass is 9.80. The molecule has 1 saturated heterocycles. The summed E-state index contributed by atoms with van der Waals surface area (Å²) in [6.07, 6.45) is 1.72. The van der Waals surface area contributed by atoms with E-state index < -0.39 is 22.2 Å². The highest BCUT2D eigenvalue weighted by Crippen LogP contribution is 2.31. The van der Waals surface area contributed by atoms with Crippen LogP contribution in [0.1, 0.15) is 19.8 Å². The Balaban J connectivity index is 2.32. The van der Waals surface area contributed by atoms with Gasteiger partial charge in [0.15, 0.2) is 5.15 Å². The second-order valence-corrected chi connectivity index (χ2v) is 5.94. The van der Waals surface area contributed by atoms with E-state index in [1.165, 1.54) is 0 Å². The third kappa shape index (κ3) is 2.90. The van der Waals surface area contributed by atoms with Crippen molar-refractivity contribution in [2.24, 2.45) is 5.41 Å². The first-order valence-electron chi connectivity index (χ1n) is 6.19. The number of hydrogen-bond donors (Lipinski definition) is 1. The third-order valence-corrected chi connectivity index (χ3v) is 4.08. The lowest BCUT2D eigenvalue weighted by molar-refractivity contribution is 0.117. The number of nitrogens with zero attached hydrogens (tertiary/aromatic N) is 2. The maximum Gasteiger partial charge on any atom is 0.329 e. The van der Waals surface area contributed by atoms with Crippen molar-refractivity contribution in [1.82, 2.24) is 14.5 Å². The second-order valence-electron chi connectivity index (χ2n) is 5.56. The predicted molar refractivity (Wildman–Crippen MR) is 71.1 cm³/mol. The van der Waals surface area contributed by atoms with E-state index >= 15 is 0 Å². The average molecular weight is 290 g/mol. The highest BCUT2D eigenvalue weighted by molar-refractivity contribution is 6.29. The van der Waals surface area contributed by atoms with Crippen LogP contribution in [0, 0.1) is 11.2 Å². The van der Waals surface area contributed by atoms with Gasteiger partial charge in [-0.25, -0.2) is 4.79 Å². The van der Waals surface area contributed by atoms with Gasteiger partial charge in [-0.05, 0) is 38.4 Å². The molecule has 2 heterocycles. The molecule has 0 amide bonds. The van der Waals surface area contributed by atoms with E-state index in [1.54, 1.807) is 0 Å². The zero-order chi connectivity index (χ0) is 14.2. The fourth-order valence-corrected chi connectivity index (χ4v) is 2.52. The van der Waals surface area contributed by atoms with Gasteiger partial charge in [0, 0.05) is 6.54 Å². The number of aromatic nitrogens is 2. The number of nitrogens with one attached hydrogen (secondary N) is 1. The molecule has 1 fully saturated rings. The number of rotatable bonds is 2. The quantitative estimate of drug-likeness (QED) is 0.828. The molecular formula is C12H17ClFN3O2. The summed E-state index contributed by atoms with van der Waals surface area (Å²) in [4.78, 5) is 27.8. The minimum absolute atomic E-state index is 0.177. The normalized spacial score (nSPS) is 19.6. The molecular weight excluding hydrogens is 273 g/mol. The van der Waals surface area contributed by atoms with Crippen molar-refractivity contribution in [2.75, 3.05) is 20.1 Å². The van der Waals surface area contributed by atoms with Gasteiger partial charge in [0.1, 0.15) is 0 Å². The smallest absolute Gasteiger partial charge is 0.306 e. The van der Waals surface area contributed by atoms with Gasteiger partial charge in [-0.2, -0.15) is 4.39 Å². The first kappa shape index (κ1) is 14.3. The van der Waals surface area contributed by atoms with Gasteiger partial charge >= 0.3 is 5.69 Å². The molecule has 1 aromatic heterocycles. The average Bonchev–Trinajstić information content (AvgIpc) is 2.36. The van der Waals surface area contributed by atoms with Crippen molar-refractivity contribution in [3.63, 3.8) is 0 Å². The van der Waals surface area contributed by atoms with E-state index in [-0.39, 0.29) is 12.0 Å². The van der Waals surface area contributed by atoms with Crippen LogP contribution in [-0.4, -0.2) is 34.6 Å². The van der Waals surface area contributed by atoms with Crippen molar-refractivity contribution in [3.05, 3.63) is 31.8 Å². The molecule has 0 radical (unpaired) electrons. The van der Waals surface area contributed by atoms with E-state index in [2.05, 4.69) is 9.88 Å². The minimum Gasteiger partial charge on any atom is -0.306 e.